The number of hydrogen-bond donors (Lipinski definition) is 1. The number of thioether (sulfide) groups is 1. The lowest BCUT2D eigenvalue weighted by Crippen LogP contribution is -2.16. The fraction of sp³-hybridized carbons (Fsp3) is 0.375. The van der Waals surface area contributed by atoms with Crippen molar-refractivity contribution in [2.24, 2.45) is 0 Å². The van der Waals surface area contributed by atoms with Gasteiger partial charge in [0, 0.05) is 12.2 Å². The third kappa shape index (κ3) is 5.67. The van der Waals surface area contributed by atoms with Crippen LogP contribution in [0.1, 0.15) is 48.0 Å². The zero-order chi connectivity index (χ0) is 22.5. The van der Waals surface area contributed by atoms with Crippen LogP contribution < -0.4 is 10.1 Å². The second-order valence-electron chi connectivity index (χ2n) is 7.75. The van der Waals surface area contributed by atoms with Crippen molar-refractivity contribution in [1.29, 1.82) is 0 Å². The van der Waals surface area contributed by atoms with E-state index in [2.05, 4.69) is 41.5 Å². The first-order valence-electron chi connectivity index (χ1n) is 10.5. The van der Waals surface area contributed by atoms with E-state index < -0.39 is 0 Å². The molecule has 0 radical (unpaired) electrons. The minimum atomic E-state index is -0.257. The second kappa shape index (κ2) is 10.0. The average molecular weight is 439 g/mol. The molecular weight excluding hydrogens is 408 g/mol. The van der Waals surface area contributed by atoms with Crippen molar-refractivity contribution < 1.29 is 9.53 Å². The number of carbonyl (C=O) groups is 1. The summed E-state index contributed by atoms with van der Waals surface area (Å²) < 4.78 is 8.11. The van der Waals surface area contributed by atoms with Gasteiger partial charge in [0.25, 0.3) is 0 Å². The van der Waals surface area contributed by atoms with Gasteiger partial charge >= 0.3 is 0 Å². The maximum atomic E-state index is 12.4. The summed E-state index contributed by atoms with van der Waals surface area (Å²) in [5, 5.41) is 12.3. The van der Waals surface area contributed by atoms with Crippen molar-refractivity contribution in [3.63, 3.8) is 0 Å². The Bertz CT molecular complexity index is 1080. The highest BCUT2D eigenvalue weighted by Gasteiger charge is 2.19. The number of amides is 1. The van der Waals surface area contributed by atoms with E-state index >= 15 is 0 Å². The fourth-order valence-electron chi connectivity index (χ4n) is 3.32. The van der Waals surface area contributed by atoms with E-state index in [1.165, 1.54) is 28.5 Å². The van der Waals surface area contributed by atoms with Gasteiger partial charge in [-0.05, 0) is 76.4 Å². The van der Waals surface area contributed by atoms with Gasteiger partial charge in [-0.3, -0.25) is 4.79 Å². The number of rotatable bonds is 8. The molecule has 1 heterocycles. The number of aromatic nitrogens is 3. The molecule has 0 saturated carbocycles. The molecule has 0 bridgehead atoms. The van der Waals surface area contributed by atoms with E-state index in [9.17, 15) is 4.79 Å². The van der Waals surface area contributed by atoms with Gasteiger partial charge in [0.2, 0.25) is 5.91 Å². The van der Waals surface area contributed by atoms with Crippen LogP contribution in [-0.4, -0.2) is 26.4 Å². The standard InChI is InChI=1S/C24H30N4O2S/c1-7-28-23(19(6)30-20-10-9-16(3)17(4)13-20)26-27-24(28)31-14-22(29)25-21-11-8-15(2)12-18(21)5/h8-13,19H,7,14H2,1-6H3,(H,25,29). The van der Waals surface area contributed by atoms with E-state index in [0.29, 0.717) is 11.7 Å². The maximum absolute atomic E-state index is 12.4. The zero-order valence-electron chi connectivity index (χ0n) is 19.0. The summed E-state index contributed by atoms with van der Waals surface area (Å²) in [6, 6.07) is 12.0. The minimum Gasteiger partial charge on any atom is -0.483 e. The fourth-order valence-corrected chi connectivity index (χ4v) is 4.13. The molecule has 3 aromatic rings. The van der Waals surface area contributed by atoms with Crippen molar-refractivity contribution in [1.82, 2.24) is 14.8 Å². The summed E-state index contributed by atoms with van der Waals surface area (Å²) in [4.78, 5) is 12.4. The third-order valence-corrected chi connectivity index (χ3v) is 6.17. The van der Waals surface area contributed by atoms with Crippen molar-refractivity contribution in [3.05, 3.63) is 64.5 Å². The number of hydrogen-bond acceptors (Lipinski definition) is 5. The number of ether oxygens (including phenoxy) is 1. The quantitative estimate of drug-likeness (QED) is 0.477. The van der Waals surface area contributed by atoms with Gasteiger partial charge in [-0.2, -0.15) is 0 Å². The molecule has 7 heteroatoms. The van der Waals surface area contributed by atoms with Gasteiger partial charge in [0.05, 0.1) is 5.75 Å². The van der Waals surface area contributed by atoms with Crippen LogP contribution in [0.3, 0.4) is 0 Å². The average Bonchev–Trinajstić information content (AvgIpc) is 3.14. The van der Waals surface area contributed by atoms with Crippen LogP contribution in [-0.2, 0) is 11.3 Å². The Labute approximate surface area is 188 Å². The van der Waals surface area contributed by atoms with Crippen LogP contribution in [0.2, 0.25) is 0 Å². The Kier molecular flexibility index (Phi) is 7.38. The van der Waals surface area contributed by atoms with Crippen LogP contribution >= 0.6 is 11.8 Å². The molecule has 0 spiro atoms. The summed E-state index contributed by atoms with van der Waals surface area (Å²) in [6.45, 7) is 12.9. The highest BCUT2D eigenvalue weighted by Crippen LogP contribution is 2.26. The molecule has 0 aliphatic carbocycles. The lowest BCUT2D eigenvalue weighted by molar-refractivity contribution is -0.113. The molecular formula is C24H30N4O2S. The first-order chi connectivity index (χ1) is 14.8. The van der Waals surface area contributed by atoms with Gasteiger partial charge in [-0.15, -0.1) is 10.2 Å². The molecule has 1 N–H and O–H groups in total. The van der Waals surface area contributed by atoms with Crippen LogP contribution in [0.5, 0.6) is 5.75 Å². The Balaban J connectivity index is 1.65. The summed E-state index contributed by atoms with van der Waals surface area (Å²) in [6.07, 6.45) is -0.257. The number of aryl methyl sites for hydroxylation is 4. The largest absolute Gasteiger partial charge is 0.483 e. The topological polar surface area (TPSA) is 69.0 Å². The summed E-state index contributed by atoms with van der Waals surface area (Å²) >= 11 is 1.38. The normalized spacial score (nSPS) is 11.9. The van der Waals surface area contributed by atoms with Crippen molar-refractivity contribution in [2.45, 2.75) is 59.3 Å². The van der Waals surface area contributed by atoms with Crippen molar-refractivity contribution in [3.8, 4) is 5.75 Å². The third-order valence-electron chi connectivity index (χ3n) is 5.20. The Morgan fingerprint density at radius 1 is 1.06 bits per heavy atom. The molecule has 1 atom stereocenters. The first-order valence-corrected chi connectivity index (χ1v) is 11.4. The van der Waals surface area contributed by atoms with Crippen LogP contribution in [0.15, 0.2) is 41.6 Å². The number of carbonyl (C=O) groups excluding carboxylic acids is 1. The predicted molar refractivity (Wildman–Crippen MR) is 126 cm³/mol. The Morgan fingerprint density at radius 3 is 2.52 bits per heavy atom. The SMILES string of the molecule is CCn1c(SCC(=O)Nc2ccc(C)cc2C)nnc1C(C)Oc1ccc(C)c(C)c1. The monoisotopic (exact) mass is 438 g/mol. The molecule has 164 valence electrons. The second-order valence-corrected chi connectivity index (χ2v) is 8.69. The van der Waals surface area contributed by atoms with Crippen LogP contribution in [0.4, 0.5) is 5.69 Å². The number of nitrogens with one attached hydrogen (secondary N) is 1. The zero-order valence-corrected chi connectivity index (χ0v) is 19.8. The van der Waals surface area contributed by atoms with E-state index in [0.717, 1.165) is 22.8 Å². The number of benzene rings is 2. The molecule has 0 saturated heterocycles. The molecule has 31 heavy (non-hydrogen) atoms. The molecule has 0 fully saturated rings. The molecule has 0 aliphatic rings. The van der Waals surface area contributed by atoms with E-state index in [4.69, 9.17) is 4.74 Å². The highest BCUT2D eigenvalue weighted by molar-refractivity contribution is 7.99. The molecule has 1 amide bonds. The smallest absolute Gasteiger partial charge is 0.234 e. The Morgan fingerprint density at radius 2 is 1.84 bits per heavy atom. The number of nitrogens with zero attached hydrogens (tertiary/aromatic N) is 3. The van der Waals surface area contributed by atoms with Crippen LogP contribution in [0.25, 0.3) is 0 Å². The minimum absolute atomic E-state index is 0.0661. The molecule has 0 aliphatic heterocycles. The van der Waals surface area contributed by atoms with Gasteiger partial charge < -0.3 is 14.6 Å². The molecule has 1 aromatic heterocycles. The summed E-state index contributed by atoms with van der Waals surface area (Å²) in [5.74, 6) is 1.75. The van der Waals surface area contributed by atoms with Crippen molar-refractivity contribution in [2.75, 3.05) is 11.1 Å². The Hall–Kier alpha value is -2.80. The number of anilines is 1. The van der Waals surface area contributed by atoms with E-state index in [1.54, 1.807) is 0 Å². The van der Waals surface area contributed by atoms with E-state index in [1.807, 2.05) is 56.5 Å². The summed E-state index contributed by atoms with van der Waals surface area (Å²) in [5.41, 5.74) is 5.48. The van der Waals surface area contributed by atoms with Gasteiger partial charge in [0.1, 0.15) is 5.75 Å². The molecule has 1 unspecified atom stereocenters. The predicted octanol–water partition coefficient (Wildman–Crippen LogP) is 5.40. The molecule has 6 nitrogen and oxygen atoms in total. The summed E-state index contributed by atoms with van der Waals surface area (Å²) in [7, 11) is 0. The molecule has 3 rings (SSSR count). The highest BCUT2D eigenvalue weighted by atomic mass is 32.2. The first kappa shape index (κ1) is 22.9. The van der Waals surface area contributed by atoms with E-state index in [-0.39, 0.29) is 17.8 Å². The lowest BCUT2D eigenvalue weighted by Gasteiger charge is -2.16. The van der Waals surface area contributed by atoms with Crippen molar-refractivity contribution >= 4 is 23.4 Å². The molecule has 2 aromatic carbocycles. The maximum Gasteiger partial charge on any atom is 0.234 e. The van der Waals surface area contributed by atoms with Gasteiger partial charge in [-0.25, -0.2) is 0 Å². The van der Waals surface area contributed by atoms with Gasteiger partial charge in [0.15, 0.2) is 17.1 Å². The lowest BCUT2D eigenvalue weighted by atomic mass is 10.1. The van der Waals surface area contributed by atoms with Gasteiger partial charge in [-0.1, -0.05) is 35.5 Å². The van der Waals surface area contributed by atoms with Crippen LogP contribution in [0, 0.1) is 27.7 Å².